The van der Waals surface area contributed by atoms with Gasteiger partial charge >= 0.3 is 0 Å². The molecule has 5 nitrogen and oxygen atoms in total. The fraction of sp³-hybridized carbons (Fsp3) is 0.667. The number of rotatable bonds is 2. The predicted molar refractivity (Wildman–Crippen MR) is 63.9 cm³/mol. The maximum Gasteiger partial charge on any atom is 0.274 e. The molecule has 2 rings (SSSR count). The van der Waals surface area contributed by atoms with E-state index in [1.807, 2.05) is 31.7 Å². The van der Waals surface area contributed by atoms with E-state index in [2.05, 4.69) is 10.2 Å². The van der Waals surface area contributed by atoms with Gasteiger partial charge in [0.1, 0.15) is 5.69 Å². The standard InChI is InChI=1S/C12H19N3O2/c1-4-10-5-11(14-13-10)12(16)15-6-9(3)17-7-8(15)2/h5,8-9H,4,6-7H2,1-3H3,(H,13,14)/t8-,9+/m1/s1. The van der Waals surface area contributed by atoms with Crippen LogP contribution in [-0.2, 0) is 11.2 Å². The van der Waals surface area contributed by atoms with E-state index in [1.165, 1.54) is 0 Å². The Labute approximate surface area is 101 Å². The van der Waals surface area contributed by atoms with Crippen molar-refractivity contribution in [1.29, 1.82) is 0 Å². The Morgan fingerprint density at radius 1 is 1.65 bits per heavy atom. The number of nitrogens with zero attached hydrogens (tertiary/aromatic N) is 2. The number of aromatic nitrogens is 2. The van der Waals surface area contributed by atoms with E-state index in [0.717, 1.165) is 12.1 Å². The summed E-state index contributed by atoms with van der Waals surface area (Å²) in [5, 5.41) is 6.94. The molecule has 0 aliphatic carbocycles. The number of ether oxygens (including phenoxy) is 1. The lowest BCUT2D eigenvalue weighted by atomic mass is 10.2. The van der Waals surface area contributed by atoms with Gasteiger partial charge in [-0.15, -0.1) is 0 Å². The molecule has 1 aromatic rings. The molecule has 0 spiro atoms. The van der Waals surface area contributed by atoms with Crippen molar-refractivity contribution >= 4 is 5.91 Å². The van der Waals surface area contributed by atoms with Crippen molar-refractivity contribution in [3.05, 3.63) is 17.5 Å². The van der Waals surface area contributed by atoms with Gasteiger partial charge in [0, 0.05) is 12.2 Å². The molecule has 0 radical (unpaired) electrons. The molecule has 5 heteroatoms. The van der Waals surface area contributed by atoms with Crippen molar-refractivity contribution < 1.29 is 9.53 Å². The number of aryl methyl sites for hydroxylation is 1. The third-order valence-electron chi connectivity index (χ3n) is 3.10. The zero-order chi connectivity index (χ0) is 12.4. The molecule has 0 aromatic carbocycles. The summed E-state index contributed by atoms with van der Waals surface area (Å²) in [5.74, 6) is -0.0106. The first kappa shape index (κ1) is 12.1. The van der Waals surface area contributed by atoms with Crippen molar-refractivity contribution in [3.63, 3.8) is 0 Å². The summed E-state index contributed by atoms with van der Waals surface area (Å²) in [4.78, 5) is 14.1. The summed E-state index contributed by atoms with van der Waals surface area (Å²) in [7, 11) is 0. The Morgan fingerprint density at radius 2 is 2.41 bits per heavy atom. The summed E-state index contributed by atoms with van der Waals surface area (Å²) in [6, 6.07) is 1.94. The smallest absolute Gasteiger partial charge is 0.274 e. The first-order valence-electron chi connectivity index (χ1n) is 6.08. The number of morpholine rings is 1. The van der Waals surface area contributed by atoms with Gasteiger partial charge in [0.15, 0.2) is 0 Å². The summed E-state index contributed by atoms with van der Waals surface area (Å²) in [6.45, 7) is 7.23. The van der Waals surface area contributed by atoms with Crippen molar-refractivity contribution in [2.24, 2.45) is 0 Å². The highest BCUT2D eigenvalue weighted by Gasteiger charge is 2.29. The minimum Gasteiger partial charge on any atom is -0.375 e. The molecule has 0 saturated carbocycles. The number of nitrogens with one attached hydrogen (secondary N) is 1. The molecule has 1 saturated heterocycles. The second-order valence-electron chi connectivity index (χ2n) is 4.58. The molecule has 2 atom stereocenters. The van der Waals surface area contributed by atoms with Crippen LogP contribution in [0.15, 0.2) is 6.07 Å². The van der Waals surface area contributed by atoms with E-state index >= 15 is 0 Å². The Kier molecular flexibility index (Phi) is 3.47. The van der Waals surface area contributed by atoms with E-state index in [9.17, 15) is 4.79 Å². The highest BCUT2D eigenvalue weighted by atomic mass is 16.5. The number of carbonyl (C=O) groups is 1. The molecule has 17 heavy (non-hydrogen) atoms. The molecule has 1 amide bonds. The highest BCUT2D eigenvalue weighted by Crippen LogP contribution is 2.15. The molecular formula is C12H19N3O2. The van der Waals surface area contributed by atoms with Crippen LogP contribution in [0, 0.1) is 0 Å². The predicted octanol–water partition coefficient (Wildman–Crippen LogP) is 1.22. The number of carbonyl (C=O) groups excluding carboxylic acids is 1. The van der Waals surface area contributed by atoms with Crippen molar-refractivity contribution in [2.45, 2.75) is 39.3 Å². The Balaban J connectivity index is 2.12. The minimum absolute atomic E-state index is 0.0106. The molecule has 94 valence electrons. The van der Waals surface area contributed by atoms with Crippen LogP contribution in [0.3, 0.4) is 0 Å². The summed E-state index contributed by atoms with van der Waals surface area (Å²) >= 11 is 0. The van der Waals surface area contributed by atoms with Gasteiger partial charge in [-0.25, -0.2) is 0 Å². The second-order valence-corrected chi connectivity index (χ2v) is 4.58. The number of aromatic amines is 1. The van der Waals surface area contributed by atoms with E-state index in [0.29, 0.717) is 18.8 Å². The quantitative estimate of drug-likeness (QED) is 0.841. The maximum absolute atomic E-state index is 12.3. The molecule has 1 fully saturated rings. The lowest BCUT2D eigenvalue weighted by molar-refractivity contribution is -0.0389. The highest BCUT2D eigenvalue weighted by molar-refractivity contribution is 5.92. The fourth-order valence-corrected chi connectivity index (χ4v) is 1.99. The number of hydrogen-bond donors (Lipinski definition) is 1. The monoisotopic (exact) mass is 237 g/mol. The van der Waals surface area contributed by atoms with Gasteiger partial charge in [-0.2, -0.15) is 5.10 Å². The van der Waals surface area contributed by atoms with Crippen LogP contribution in [0.25, 0.3) is 0 Å². The zero-order valence-electron chi connectivity index (χ0n) is 10.6. The summed E-state index contributed by atoms with van der Waals surface area (Å²) in [6.07, 6.45) is 0.953. The van der Waals surface area contributed by atoms with Gasteiger partial charge in [0.25, 0.3) is 5.91 Å². The SMILES string of the molecule is CCc1cc(C(=O)N2C[C@H](C)OC[C@H]2C)n[nH]1. The van der Waals surface area contributed by atoms with E-state index in [4.69, 9.17) is 4.74 Å². The molecular weight excluding hydrogens is 218 g/mol. The molecule has 0 bridgehead atoms. The van der Waals surface area contributed by atoms with Gasteiger partial charge in [0.2, 0.25) is 0 Å². The third-order valence-corrected chi connectivity index (χ3v) is 3.10. The number of hydrogen-bond acceptors (Lipinski definition) is 3. The van der Waals surface area contributed by atoms with Crippen LogP contribution in [0.2, 0.25) is 0 Å². The van der Waals surface area contributed by atoms with Gasteiger partial charge in [-0.05, 0) is 26.3 Å². The second kappa shape index (κ2) is 4.87. The van der Waals surface area contributed by atoms with Crippen LogP contribution >= 0.6 is 0 Å². The van der Waals surface area contributed by atoms with Crippen molar-refractivity contribution in [1.82, 2.24) is 15.1 Å². The third kappa shape index (κ3) is 2.49. The average molecular weight is 237 g/mol. The van der Waals surface area contributed by atoms with Gasteiger partial charge in [-0.1, -0.05) is 6.92 Å². The van der Waals surface area contributed by atoms with Crippen molar-refractivity contribution in [3.8, 4) is 0 Å². The van der Waals surface area contributed by atoms with Crippen LogP contribution in [0.1, 0.15) is 37.0 Å². The first-order valence-corrected chi connectivity index (χ1v) is 6.08. The first-order chi connectivity index (χ1) is 8.11. The van der Waals surface area contributed by atoms with Gasteiger partial charge in [-0.3, -0.25) is 9.89 Å². The normalized spacial score (nSPS) is 25.0. The van der Waals surface area contributed by atoms with Crippen molar-refractivity contribution in [2.75, 3.05) is 13.2 Å². The van der Waals surface area contributed by atoms with E-state index in [-0.39, 0.29) is 18.1 Å². The Bertz CT molecular complexity index is 402. The molecule has 1 aliphatic rings. The molecule has 1 N–H and O–H groups in total. The van der Waals surface area contributed by atoms with Crippen LogP contribution in [0.4, 0.5) is 0 Å². The Morgan fingerprint density at radius 3 is 3.06 bits per heavy atom. The minimum atomic E-state index is -0.0106. The van der Waals surface area contributed by atoms with Gasteiger partial charge in [0.05, 0.1) is 18.8 Å². The van der Waals surface area contributed by atoms with Crippen LogP contribution in [-0.4, -0.2) is 46.3 Å². The number of H-pyrrole nitrogens is 1. The Hall–Kier alpha value is -1.36. The van der Waals surface area contributed by atoms with Crippen LogP contribution < -0.4 is 0 Å². The van der Waals surface area contributed by atoms with E-state index < -0.39 is 0 Å². The lowest BCUT2D eigenvalue weighted by Gasteiger charge is -2.36. The summed E-state index contributed by atoms with van der Waals surface area (Å²) in [5.41, 5.74) is 1.49. The summed E-state index contributed by atoms with van der Waals surface area (Å²) < 4.78 is 5.51. The largest absolute Gasteiger partial charge is 0.375 e. The fourth-order valence-electron chi connectivity index (χ4n) is 1.99. The van der Waals surface area contributed by atoms with E-state index in [1.54, 1.807) is 0 Å². The molecule has 1 aromatic heterocycles. The molecule has 0 unspecified atom stereocenters. The van der Waals surface area contributed by atoms with Crippen LogP contribution in [0.5, 0.6) is 0 Å². The molecule has 2 heterocycles. The molecule has 1 aliphatic heterocycles. The topological polar surface area (TPSA) is 58.2 Å². The zero-order valence-corrected chi connectivity index (χ0v) is 10.6. The number of amides is 1. The average Bonchev–Trinajstić information content (AvgIpc) is 2.80. The maximum atomic E-state index is 12.3. The lowest BCUT2D eigenvalue weighted by Crippen LogP contribution is -2.50. The van der Waals surface area contributed by atoms with Gasteiger partial charge < -0.3 is 9.64 Å².